The van der Waals surface area contributed by atoms with Gasteiger partial charge in [0.05, 0.1) is 24.8 Å². The molecule has 1 aromatic carbocycles. The van der Waals surface area contributed by atoms with E-state index in [9.17, 15) is 4.79 Å². The maximum absolute atomic E-state index is 12.5. The van der Waals surface area contributed by atoms with Crippen molar-refractivity contribution in [2.75, 3.05) is 32.9 Å². The smallest absolute Gasteiger partial charge is 0.254 e. The molecule has 6 heteroatoms. The SMILES string of the molecule is CCCOc1c(Cl)cc(C(=O)N(CC)CCO)cc1OCC. The molecule has 0 saturated carbocycles. The van der Waals surface area contributed by atoms with Crippen LogP contribution in [-0.2, 0) is 0 Å². The molecule has 0 saturated heterocycles. The number of carbonyl (C=O) groups is 1. The van der Waals surface area contributed by atoms with Crippen molar-refractivity contribution in [3.8, 4) is 11.5 Å². The molecule has 1 aromatic rings. The van der Waals surface area contributed by atoms with Crippen LogP contribution in [0.1, 0.15) is 37.6 Å². The maximum atomic E-state index is 12.5. The third kappa shape index (κ3) is 4.78. The van der Waals surface area contributed by atoms with E-state index in [0.29, 0.717) is 41.8 Å². The van der Waals surface area contributed by atoms with Gasteiger partial charge in [0.2, 0.25) is 0 Å². The molecule has 0 radical (unpaired) electrons. The maximum Gasteiger partial charge on any atom is 0.254 e. The fourth-order valence-electron chi connectivity index (χ4n) is 2.01. The minimum Gasteiger partial charge on any atom is -0.490 e. The molecule has 0 heterocycles. The zero-order valence-electron chi connectivity index (χ0n) is 13.4. The van der Waals surface area contributed by atoms with E-state index in [4.69, 9.17) is 26.2 Å². The molecule has 1 N–H and O–H groups in total. The molecule has 0 bridgehead atoms. The van der Waals surface area contributed by atoms with Gasteiger partial charge >= 0.3 is 0 Å². The minimum atomic E-state index is -0.193. The number of rotatable bonds is 9. The van der Waals surface area contributed by atoms with Crippen LogP contribution in [-0.4, -0.2) is 48.8 Å². The Hall–Kier alpha value is -1.46. The van der Waals surface area contributed by atoms with Crippen molar-refractivity contribution >= 4 is 17.5 Å². The lowest BCUT2D eigenvalue weighted by Gasteiger charge is -2.21. The Morgan fingerprint density at radius 3 is 2.55 bits per heavy atom. The van der Waals surface area contributed by atoms with Crippen LogP contribution in [0, 0.1) is 0 Å². The number of aliphatic hydroxyl groups excluding tert-OH is 1. The number of hydrogen-bond acceptors (Lipinski definition) is 4. The summed E-state index contributed by atoms with van der Waals surface area (Å²) < 4.78 is 11.2. The standard InChI is InChI=1S/C16H24ClNO4/c1-4-9-22-15-13(17)10-12(11-14(15)21-6-3)16(20)18(5-2)7-8-19/h10-11,19H,4-9H2,1-3H3. The van der Waals surface area contributed by atoms with Crippen molar-refractivity contribution in [1.82, 2.24) is 4.90 Å². The Morgan fingerprint density at radius 2 is 2.00 bits per heavy atom. The second-order valence-electron chi connectivity index (χ2n) is 4.68. The number of nitrogens with zero attached hydrogens (tertiary/aromatic N) is 1. The summed E-state index contributed by atoms with van der Waals surface area (Å²) in [5.41, 5.74) is 0.424. The van der Waals surface area contributed by atoms with Crippen LogP contribution < -0.4 is 9.47 Å². The molecular formula is C16H24ClNO4. The lowest BCUT2D eigenvalue weighted by atomic mass is 10.1. The summed E-state index contributed by atoms with van der Waals surface area (Å²) in [5, 5.41) is 9.38. The fourth-order valence-corrected chi connectivity index (χ4v) is 2.27. The third-order valence-corrected chi connectivity index (χ3v) is 3.33. The zero-order valence-corrected chi connectivity index (χ0v) is 14.2. The van der Waals surface area contributed by atoms with Crippen molar-refractivity contribution in [3.63, 3.8) is 0 Å². The lowest BCUT2D eigenvalue weighted by Crippen LogP contribution is -2.33. The van der Waals surface area contributed by atoms with E-state index in [1.807, 2.05) is 20.8 Å². The Balaban J connectivity index is 3.13. The number of likely N-dealkylation sites (N-methyl/N-ethyl adjacent to an activating group) is 1. The van der Waals surface area contributed by atoms with Gasteiger partial charge in [-0.1, -0.05) is 18.5 Å². The summed E-state index contributed by atoms with van der Waals surface area (Å²) >= 11 is 6.25. The molecule has 0 aliphatic heterocycles. The number of aliphatic hydroxyl groups is 1. The van der Waals surface area contributed by atoms with Crippen LogP contribution in [0.15, 0.2) is 12.1 Å². The second-order valence-corrected chi connectivity index (χ2v) is 5.08. The summed E-state index contributed by atoms with van der Waals surface area (Å²) in [7, 11) is 0. The molecule has 0 spiro atoms. The lowest BCUT2D eigenvalue weighted by molar-refractivity contribution is 0.0731. The molecule has 22 heavy (non-hydrogen) atoms. The van der Waals surface area contributed by atoms with Crippen molar-refractivity contribution in [1.29, 1.82) is 0 Å². The average molecular weight is 330 g/mol. The van der Waals surface area contributed by atoms with Crippen LogP contribution in [0.2, 0.25) is 5.02 Å². The summed E-state index contributed by atoms with van der Waals surface area (Å²) in [4.78, 5) is 14.0. The van der Waals surface area contributed by atoms with Gasteiger partial charge in [-0.15, -0.1) is 0 Å². The summed E-state index contributed by atoms with van der Waals surface area (Å²) in [5.74, 6) is 0.736. The number of hydrogen-bond donors (Lipinski definition) is 1. The summed E-state index contributed by atoms with van der Waals surface area (Å²) in [6.45, 7) is 7.40. The predicted molar refractivity (Wildman–Crippen MR) is 87.1 cm³/mol. The Kier molecular flexibility index (Phi) is 8.06. The first kappa shape index (κ1) is 18.6. The van der Waals surface area contributed by atoms with Crippen LogP contribution >= 0.6 is 11.6 Å². The monoisotopic (exact) mass is 329 g/mol. The van der Waals surface area contributed by atoms with Crippen molar-refractivity contribution in [2.24, 2.45) is 0 Å². The first-order valence-corrected chi connectivity index (χ1v) is 7.95. The van der Waals surface area contributed by atoms with Gasteiger partial charge in [0.1, 0.15) is 0 Å². The Morgan fingerprint density at radius 1 is 1.27 bits per heavy atom. The quantitative estimate of drug-likeness (QED) is 0.756. The van der Waals surface area contributed by atoms with Gasteiger partial charge in [-0.3, -0.25) is 4.79 Å². The normalized spacial score (nSPS) is 10.4. The molecule has 0 aromatic heterocycles. The molecule has 124 valence electrons. The number of amides is 1. The second kappa shape index (κ2) is 9.54. The van der Waals surface area contributed by atoms with Gasteiger partial charge in [-0.2, -0.15) is 0 Å². The van der Waals surface area contributed by atoms with Crippen molar-refractivity contribution in [3.05, 3.63) is 22.7 Å². The number of benzene rings is 1. The summed E-state index contributed by atoms with van der Waals surface area (Å²) in [6.07, 6.45) is 0.850. The van der Waals surface area contributed by atoms with E-state index in [1.165, 1.54) is 0 Å². The van der Waals surface area contributed by atoms with Crippen LogP contribution in [0.5, 0.6) is 11.5 Å². The largest absolute Gasteiger partial charge is 0.490 e. The Labute approximate surface area is 136 Å². The van der Waals surface area contributed by atoms with E-state index in [0.717, 1.165) is 6.42 Å². The third-order valence-electron chi connectivity index (χ3n) is 3.05. The van der Waals surface area contributed by atoms with Gasteiger partial charge < -0.3 is 19.5 Å². The summed E-state index contributed by atoms with van der Waals surface area (Å²) in [6, 6.07) is 3.22. The first-order chi connectivity index (χ1) is 10.6. The van der Waals surface area contributed by atoms with E-state index >= 15 is 0 Å². The van der Waals surface area contributed by atoms with Crippen molar-refractivity contribution in [2.45, 2.75) is 27.2 Å². The van der Waals surface area contributed by atoms with Gasteiger partial charge in [0, 0.05) is 18.7 Å². The van der Waals surface area contributed by atoms with Gasteiger partial charge in [-0.25, -0.2) is 0 Å². The molecule has 0 fully saturated rings. The number of carbonyl (C=O) groups excluding carboxylic acids is 1. The molecule has 0 aliphatic rings. The first-order valence-electron chi connectivity index (χ1n) is 7.58. The van der Waals surface area contributed by atoms with Crippen molar-refractivity contribution < 1.29 is 19.4 Å². The molecule has 0 atom stereocenters. The van der Waals surface area contributed by atoms with E-state index < -0.39 is 0 Å². The van der Waals surface area contributed by atoms with Gasteiger partial charge in [0.25, 0.3) is 5.91 Å². The van der Waals surface area contributed by atoms with Crippen LogP contribution in [0.25, 0.3) is 0 Å². The van der Waals surface area contributed by atoms with Gasteiger partial charge in [0.15, 0.2) is 11.5 Å². The highest BCUT2D eigenvalue weighted by atomic mass is 35.5. The minimum absolute atomic E-state index is 0.0800. The highest BCUT2D eigenvalue weighted by Gasteiger charge is 2.19. The Bertz CT molecular complexity index is 493. The molecule has 1 amide bonds. The molecule has 5 nitrogen and oxygen atoms in total. The number of ether oxygens (including phenoxy) is 2. The van der Waals surface area contributed by atoms with E-state index in [1.54, 1.807) is 17.0 Å². The predicted octanol–water partition coefficient (Wildman–Crippen LogP) is 2.98. The van der Waals surface area contributed by atoms with Crippen LogP contribution in [0.4, 0.5) is 0 Å². The van der Waals surface area contributed by atoms with Crippen LogP contribution in [0.3, 0.4) is 0 Å². The average Bonchev–Trinajstić information content (AvgIpc) is 2.51. The highest BCUT2D eigenvalue weighted by molar-refractivity contribution is 6.32. The highest BCUT2D eigenvalue weighted by Crippen LogP contribution is 2.37. The van der Waals surface area contributed by atoms with E-state index in [-0.39, 0.29) is 19.1 Å². The molecule has 1 rings (SSSR count). The van der Waals surface area contributed by atoms with E-state index in [2.05, 4.69) is 0 Å². The molecular weight excluding hydrogens is 306 g/mol. The number of halogens is 1. The zero-order chi connectivity index (χ0) is 16.5. The molecule has 0 aliphatic carbocycles. The topological polar surface area (TPSA) is 59.0 Å². The van der Waals surface area contributed by atoms with Gasteiger partial charge in [-0.05, 0) is 32.4 Å². The molecule has 0 unspecified atom stereocenters. The fraction of sp³-hybridized carbons (Fsp3) is 0.562.